The number of rotatable bonds is 7. The number of amides is 1. The van der Waals surface area contributed by atoms with Crippen molar-refractivity contribution in [2.24, 2.45) is 0 Å². The molecule has 6 rings (SSSR count). The third-order valence-corrected chi connectivity index (χ3v) is 7.08. The van der Waals surface area contributed by atoms with Crippen LogP contribution in [0.3, 0.4) is 0 Å². The highest BCUT2D eigenvalue weighted by atomic mass is 32.2. The lowest BCUT2D eigenvalue weighted by atomic mass is 9.85. The van der Waals surface area contributed by atoms with Crippen molar-refractivity contribution in [3.8, 4) is 17.1 Å². The number of carbonyl (C=O) groups is 2. The van der Waals surface area contributed by atoms with Crippen LogP contribution in [0.5, 0.6) is 0 Å². The molecule has 10 nitrogen and oxygen atoms in total. The van der Waals surface area contributed by atoms with Crippen molar-refractivity contribution in [2.75, 3.05) is 11.1 Å². The van der Waals surface area contributed by atoms with Gasteiger partial charge in [0.05, 0.1) is 23.3 Å². The Morgan fingerprint density at radius 1 is 1.05 bits per heavy atom. The first-order valence-electron chi connectivity index (χ1n) is 11.9. The molecule has 0 aliphatic heterocycles. The van der Waals surface area contributed by atoms with Crippen LogP contribution in [-0.2, 0) is 11.2 Å². The van der Waals surface area contributed by atoms with E-state index in [0.29, 0.717) is 35.1 Å². The zero-order valence-corrected chi connectivity index (χ0v) is 20.8. The lowest BCUT2D eigenvalue weighted by molar-refractivity contribution is -0.113. The van der Waals surface area contributed by atoms with E-state index in [9.17, 15) is 9.59 Å². The van der Waals surface area contributed by atoms with Gasteiger partial charge in [-0.3, -0.25) is 24.5 Å². The Morgan fingerprint density at radius 3 is 2.68 bits per heavy atom. The summed E-state index contributed by atoms with van der Waals surface area (Å²) in [7, 11) is 0. The number of fused-ring (bicyclic) bond motifs is 1. The number of anilines is 1. The van der Waals surface area contributed by atoms with Gasteiger partial charge in [0.15, 0.2) is 16.8 Å². The molecular formula is C27H21N7O3S. The number of hydrogen-bond donors (Lipinski definition) is 1. The van der Waals surface area contributed by atoms with Crippen molar-refractivity contribution < 1.29 is 14.0 Å². The highest BCUT2D eigenvalue weighted by Gasteiger charge is 2.29. The first kappa shape index (κ1) is 23.7. The van der Waals surface area contributed by atoms with Crippen molar-refractivity contribution >= 4 is 29.4 Å². The minimum absolute atomic E-state index is 0.0358. The second kappa shape index (κ2) is 10.4. The Kier molecular flexibility index (Phi) is 6.49. The van der Waals surface area contributed by atoms with E-state index in [1.165, 1.54) is 18.0 Å². The average molecular weight is 524 g/mol. The van der Waals surface area contributed by atoms with Gasteiger partial charge < -0.3 is 4.42 Å². The van der Waals surface area contributed by atoms with E-state index in [4.69, 9.17) is 4.42 Å². The molecule has 38 heavy (non-hydrogen) atoms. The topological polar surface area (TPSA) is 129 Å². The smallest absolute Gasteiger partial charge is 0.237 e. The summed E-state index contributed by atoms with van der Waals surface area (Å²) in [6, 6.07) is 17.1. The zero-order chi connectivity index (χ0) is 25.9. The standard InChI is InChI=1S/C27H21N7O3S/c35-22-14-18(23-7-4-12-37-23)13-21-20(22)15-29-26(30-21)31-24(36)16-38-27-33-32-25(17-8-10-28-11-9-17)34(27)19-5-2-1-3-6-19/h1-12,15,18H,13-14,16H2,(H,29,30,31,36)/t18-/m1/s1. The summed E-state index contributed by atoms with van der Waals surface area (Å²) in [6.07, 6.45) is 7.35. The third-order valence-electron chi connectivity index (χ3n) is 6.16. The van der Waals surface area contributed by atoms with Crippen LogP contribution >= 0.6 is 11.8 Å². The van der Waals surface area contributed by atoms with E-state index in [1.807, 2.05) is 53.1 Å². The fourth-order valence-electron chi connectivity index (χ4n) is 4.38. The molecular weight excluding hydrogens is 502 g/mol. The van der Waals surface area contributed by atoms with E-state index < -0.39 is 0 Å². The number of furan rings is 1. The fraction of sp³-hybridized carbons (Fsp3) is 0.148. The van der Waals surface area contributed by atoms with Crippen molar-refractivity contribution in [1.29, 1.82) is 0 Å². The summed E-state index contributed by atoms with van der Waals surface area (Å²) in [5.41, 5.74) is 2.82. The fourth-order valence-corrected chi connectivity index (χ4v) is 5.13. The van der Waals surface area contributed by atoms with Crippen LogP contribution in [0, 0.1) is 0 Å². The highest BCUT2D eigenvalue weighted by molar-refractivity contribution is 7.99. The molecule has 1 amide bonds. The molecule has 0 saturated carbocycles. The summed E-state index contributed by atoms with van der Waals surface area (Å²) in [5, 5.41) is 12.0. The van der Waals surface area contributed by atoms with Gasteiger partial charge in [-0.05, 0) is 36.4 Å². The molecule has 1 aromatic carbocycles. The normalized spacial score (nSPS) is 14.7. The Labute approximate surface area is 221 Å². The van der Waals surface area contributed by atoms with Crippen LogP contribution in [-0.4, -0.2) is 47.2 Å². The first-order chi connectivity index (χ1) is 18.7. The van der Waals surface area contributed by atoms with Crippen molar-refractivity contribution in [2.45, 2.75) is 23.9 Å². The second-order valence-electron chi connectivity index (χ2n) is 8.65. The van der Waals surface area contributed by atoms with Crippen LogP contribution in [0.25, 0.3) is 17.1 Å². The van der Waals surface area contributed by atoms with E-state index >= 15 is 0 Å². The van der Waals surface area contributed by atoms with Crippen LogP contribution in [0.1, 0.15) is 34.2 Å². The van der Waals surface area contributed by atoms with E-state index in [1.54, 1.807) is 24.7 Å². The van der Waals surface area contributed by atoms with Gasteiger partial charge in [-0.15, -0.1) is 10.2 Å². The monoisotopic (exact) mass is 523 g/mol. The predicted molar refractivity (Wildman–Crippen MR) is 140 cm³/mol. The van der Waals surface area contributed by atoms with Crippen LogP contribution in [0.2, 0.25) is 0 Å². The van der Waals surface area contributed by atoms with Crippen LogP contribution in [0.15, 0.2) is 89.0 Å². The molecule has 1 aliphatic rings. The molecule has 5 aromatic rings. The summed E-state index contributed by atoms with van der Waals surface area (Å²) >= 11 is 1.25. The molecule has 0 bridgehead atoms. The molecule has 1 aliphatic carbocycles. The summed E-state index contributed by atoms with van der Waals surface area (Å²) in [4.78, 5) is 38.2. The molecule has 4 heterocycles. The predicted octanol–water partition coefficient (Wildman–Crippen LogP) is 4.36. The first-order valence-corrected chi connectivity index (χ1v) is 12.9. The SMILES string of the molecule is O=C(CSc1nnc(-c2ccncc2)n1-c1ccccc1)Nc1ncc2c(n1)C[C@@H](c1ccco1)CC2=O. The number of para-hydroxylation sites is 1. The molecule has 0 fully saturated rings. The molecule has 4 aromatic heterocycles. The van der Waals surface area contributed by atoms with Gasteiger partial charge in [0.25, 0.3) is 0 Å². The number of carbonyl (C=O) groups excluding carboxylic acids is 2. The van der Waals surface area contributed by atoms with Gasteiger partial charge in [0.2, 0.25) is 11.9 Å². The quantitative estimate of drug-likeness (QED) is 0.309. The van der Waals surface area contributed by atoms with Crippen LogP contribution < -0.4 is 5.32 Å². The highest BCUT2D eigenvalue weighted by Crippen LogP contribution is 2.32. The number of thioether (sulfide) groups is 1. The van der Waals surface area contributed by atoms with Gasteiger partial charge in [0.1, 0.15) is 5.76 Å². The van der Waals surface area contributed by atoms with E-state index in [-0.39, 0.29) is 29.3 Å². The van der Waals surface area contributed by atoms with Crippen molar-refractivity contribution in [3.05, 3.63) is 96.5 Å². The van der Waals surface area contributed by atoms with Crippen molar-refractivity contribution in [3.63, 3.8) is 0 Å². The number of nitrogens with one attached hydrogen (secondary N) is 1. The zero-order valence-electron chi connectivity index (χ0n) is 20.0. The summed E-state index contributed by atoms with van der Waals surface area (Å²) in [6.45, 7) is 0. The Balaban J connectivity index is 1.18. The number of hydrogen-bond acceptors (Lipinski definition) is 9. The maximum atomic E-state index is 12.8. The Hall–Kier alpha value is -4.64. The summed E-state index contributed by atoms with van der Waals surface area (Å²) in [5.74, 6) is 1.20. The molecule has 0 unspecified atom stereocenters. The van der Waals surface area contributed by atoms with E-state index in [2.05, 4.69) is 30.5 Å². The van der Waals surface area contributed by atoms with Gasteiger partial charge in [-0.2, -0.15) is 0 Å². The number of nitrogens with zero attached hydrogens (tertiary/aromatic N) is 6. The number of aromatic nitrogens is 6. The Morgan fingerprint density at radius 2 is 1.89 bits per heavy atom. The molecule has 1 atom stereocenters. The van der Waals surface area contributed by atoms with Gasteiger partial charge in [-0.25, -0.2) is 9.97 Å². The molecule has 0 saturated heterocycles. The minimum Gasteiger partial charge on any atom is -0.469 e. The van der Waals surface area contributed by atoms with Gasteiger partial charge in [0, 0.05) is 48.6 Å². The van der Waals surface area contributed by atoms with Crippen molar-refractivity contribution in [1.82, 2.24) is 29.7 Å². The third kappa shape index (κ3) is 4.83. The van der Waals surface area contributed by atoms with E-state index in [0.717, 1.165) is 17.0 Å². The van der Waals surface area contributed by atoms with Crippen LogP contribution in [0.4, 0.5) is 5.95 Å². The largest absolute Gasteiger partial charge is 0.469 e. The lowest BCUT2D eigenvalue weighted by Gasteiger charge is -2.21. The number of pyridine rings is 1. The van der Waals surface area contributed by atoms with Gasteiger partial charge >= 0.3 is 0 Å². The summed E-state index contributed by atoms with van der Waals surface area (Å²) < 4.78 is 7.40. The maximum Gasteiger partial charge on any atom is 0.237 e. The molecule has 188 valence electrons. The molecule has 0 radical (unpaired) electrons. The lowest BCUT2D eigenvalue weighted by Crippen LogP contribution is -2.22. The minimum atomic E-state index is -0.298. The molecule has 11 heteroatoms. The number of ketones is 1. The Bertz CT molecular complexity index is 1590. The average Bonchev–Trinajstić information content (AvgIpc) is 3.63. The van der Waals surface area contributed by atoms with Gasteiger partial charge in [-0.1, -0.05) is 30.0 Å². The number of Topliss-reactive ketones (excluding diaryl/α,β-unsaturated/α-hetero) is 1. The second-order valence-corrected chi connectivity index (χ2v) is 9.59. The molecule has 0 spiro atoms. The maximum absolute atomic E-state index is 12.8. The number of benzene rings is 1. The molecule has 1 N–H and O–H groups in total.